The molecule has 2 heterocycles. The molecule has 0 spiro atoms. The fourth-order valence-corrected chi connectivity index (χ4v) is 3.39. The first-order valence-corrected chi connectivity index (χ1v) is 10.2. The Hall–Kier alpha value is -2.96. The Kier molecular flexibility index (Phi) is 7.55. The van der Waals surface area contributed by atoms with Crippen molar-refractivity contribution in [1.29, 1.82) is 0 Å². The number of ether oxygens (including phenoxy) is 1. The topological polar surface area (TPSA) is 79.1 Å². The Morgan fingerprint density at radius 3 is 2.55 bits per heavy atom. The molecule has 0 saturated carbocycles. The average molecular weight is 399 g/mol. The van der Waals surface area contributed by atoms with Gasteiger partial charge in [-0.25, -0.2) is 0 Å². The molecule has 0 bridgehead atoms. The number of aliphatic imine (C=N–C) groups is 1. The highest BCUT2D eigenvalue weighted by molar-refractivity contribution is 5.92. The van der Waals surface area contributed by atoms with E-state index in [9.17, 15) is 4.79 Å². The molecule has 7 nitrogen and oxygen atoms in total. The van der Waals surface area contributed by atoms with Crippen molar-refractivity contribution in [2.24, 2.45) is 4.99 Å². The maximum Gasteiger partial charge on any atom is 0.287 e. The van der Waals surface area contributed by atoms with Gasteiger partial charge in [0.1, 0.15) is 11.9 Å². The molecule has 0 unspecified atom stereocenters. The SMILES string of the molecule is CN=C(NCCCNC(=O)c1occc1C)N1CCC(Oc2ccccc2)CC1. The Bertz CT molecular complexity index is 795. The molecule has 29 heavy (non-hydrogen) atoms. The largest absolute Gasteiger partial charge is 0.490 e. The molecule has 2 aromatic rings. The van der Waals surface area contributed by atoms with Crippen LogP contribution in [0.15, 0.2) is 52.1 Å². The molecule has 3 rings (SSSR count). The van der Waals surface area contributed by atoms with Crippen LogP contribution in [0.1, 0.15) is 35.4 Å². The normalized spacial score (nSPS) is 15.2. The number of rotatable bonds is 7. The highest BCUT2D eigenvalue weighted by Gasteiger charge is 2.22. The third-order valence-electron chi connectivity index (χ3n) is 4.99. The molecule has 1 fully saturated rings. The zero-order chi connectivity index (χ0) is 20.5. The molecule has 1 aliphatic heterocycles. The van der Waals surface area contributed by atoms with Gasteiger partial charge in [-0.1, -0.05) is 18.2 Å². The van der Waals surface area contributed by atoms with Crippen molar-refractivity contribution in [3.05, 3.63) is 54.0 Å². The van der Waals surface area contributed by atoms with Gasteiger partial charge in [-0.05, 0) is 31.5 Å². The second-order valence-corrected chi connectivity index (χ2v) is 7.13. The molecule has 2 N–H and O–H groups in total. The van der Waals surface area contributed by atoms with E-state index in [-0.39, 0.29) is 12.0 Å². The average Bonchev–Trinajstić information content (AvgIpc) is 3.18. The summed E-state index contributed by atoms with van der Waals surface area (Å²) in [6.07, 6.45) is 4.51. The zero-order valence-corrected chi connectivity index (χ0v) is 17.2. The lowest BCUT2D eigenvalue weighted by Gasteiger charge is -2.34. The molecule has 0 aliphatic carbocycles. The minimum atomic E-state index is -0.169. The summed E-state index contributed by atoms with van der Waals surface area (Å²) in [4.78, 5) is 18.7. The van der Waals surface area contributed by atoms with Crippen molar-refractivity contribution in [3.63, 3.8) is 0 Å². The van der Waals surface area contributed by atoms with E-state index in [0.29, 0.717) is 12.3 Å². The molecule has 156 valence electrons. The van der Waals surface area contributed by atoms with Crippen LogP contribution in [0.4, 0.5) is 0 Å². The number of amides is 1. The number of furan rings is 1. The van der Waals surface area contributed by atoms with E-state index in [1.807, 2.05) is 37.3 Å². The van der Waals surface area contributed by atoms with Gasteiger partial charge in [0.15, 0.2) is 11.7 Å². The van der Waals surface area contributed by atoms with Crippen LogP contribution in [0, 0.1) is 6.92 Å². The third-order valence-corrected chi connectivity index (χ3v) is 4.99. The van der Waals surface area contributed by atoms with Crippen molar-refractivity contribution in [2.45, 2.75) is 32.3 Å². The van der Waals surface area contributed by atoms with Gasteiger partial charge in [0, 0.05) is 51.6 Å². The van der Waals surface area contributed by atoms with E-state index in [0.717, 1.165) is 56.2 Å². The number of nitrogens with one attached hydrogen (secondary N) is 2. The fraction of sp³-hybridized carbons (Fsp3) is 0.455. The van der Waals surface area contributed by atoms with Crippen LogP contribution in [0.3, 0.4) is 0 Å². The lowest BCUT2D eigenvalue weighted by atomic mass is 10.1. The Balaban J connectivity index is 1.33. The molecular formula is C22H30N4O3. The number of para-hydroxylation sites is 1. The van der Waals surface area contributed by atoms with E-state index in [1.54, 1.807) is 13.1 Å². The number of aryl methyl sites for hydroxylation is 1. The number of hydrogen-bond acceptors (Lipinski definition) is 4. The van der Waals surface area contributed by atoms with Crippen LogP contribution in [-0.4, -0.2) is 56.1 Å². The molecule has 1 saturated heterocycles. The minimum absolute atomic E-state index is 0.169. The summed E-state index contributed by atoms with van der Waals surface area (Å²) in [6.45, 7) is 5.00. The van der Waals surface area contributed by atoms with Crippen molar-refractivity contribution in [1.82, 2.24) is 15.5 Å². The van der Waals surface area contributed by atoms with Crippen molar-refractivity contribution in [3.8, 4) is 5.75 Å². The van der Waals surface area contributed by atoms with Gasteiger partial charge < -0.3 is 24.7 Å². The Morgan fingerprint density at radius 1 is 1.17 bits per heavy atom. The van der Waals surface area contributed by atoms with Gasteiger partial charge in [0.05, 0.1) is 6.26 Å². The summed E-state index contributed by atoms with van der Waals surface area (Å²) in [5, 5.41) is 6.27. The number of carbonyl (C=O) groups excluding carboxylic acids is 1. The first kappa shape index (κ1) is 20.8. The van der Waals surface area contributed by atoms with Crippen LogP contribution in [0.25, 0.3) is 0 Å². The van der Waals surface area contributed by atoms with E-state index in [1.165, 1.54) is 6.26 Å². The molecule has 1 aromatic heterocycles. The predicted molar refractivity (Wildman–Crippen MR) is 113 cm³/mol. The quantitative estimate of drug-likeness (QED) is 0.426. The number of carbonyl (C=O) groups is 1. The molecule has 1 amide bonds. The van der Waals surface area contributed by atoms with Crippen molar-refractivity contribution in [2.75, 3.05) is 33.2 Å². The summed E-state index contributed by atoms with van der Waals surface area (Å²) in [6, 6.07) is 11.8. The van der Waals surface area contributed by atoms with Crippen molar-refractivity contribution >= 4 is 11.9 Å². The Labute approximate surface area is 172 Å². The molecule has 0 atom stereocenters. The van der Waals surface area contributed by atoms with Gasteiger partial charge in [-0.15, -0.1) is 0 Å². The lowest BCUT2D eigenvalue weighted by molar-refractivity contribution is 0.0925. The van der Waals surface area contributed by atoms with Crippen LogP contribution in [0.2, 0.25) is 0 Å². The minimum Gasteiger partial charge on any atom is -0.490 e. The number of piperidine rings is 1. The first-order chi connectivity index (χ1) is 14.2. The lowest BCUT2D eigenvalue weighted by Crippen LogP contribution is -2.47. The summed E-state index contributed by atoms with van der Waals surface area (Å²) in [7, 11) is 1.80. The van der Waals surface area contributed by atoms with E-state index in [2.05, 4.69) is 20.5 Å². The zero-order valence-electron chi connectivity index (χ0n) is 17.2. The highest BCUT2D eigenvalue weighted by atomic mass is 16.5. The second kappa shape index (κ2) is 10.5. The van der Waals surface area contributed by atoms with E-state index >= 15 is 0 Å². The van der Waals surface area contributed by atoms with Crippen LogP contribution in [0.5, 0.6) is 5.75 Å². The van der Waals surface area contributed by atoms with Crippen LogP contribution >= 0.6 is 0 Å². The second-order valence-electron chi connectivity index (χ2n) is 7.13. The van der Waals surface area contributed by atoms with E-state index in [4.69, 9.17) is 9.15 Å². The predicted octanol–water partition coefficient (Wildman–Crippen LogP) is 2.83. The van der Waals surface area contributed by atoms with Crippen molar-refractivity contribution < 1.29 is 13.9 Å². The smallest absolute Gasteiger partial charge is 0.287 e. The van der Waals surface area contributed by atoms with Gasteiger partial charge in [-0.3, -0.25) is 9.79 Å². The molecule has 1 aromatic carbocycles. The number of benzene rings is 1. The number of nitrogens with zero attached hydrogens (tertiary/aromatic N) is 2. The molecule has 1 aliphatic rings. The van der Waals surface area contributed by atoms with Gasteiger partial charge in [-0.2, -0.15) is 0 Å². The fourth-order valence-electron chi connectivity index (χ4n) is 3.39. The summed E-state index contributed by atoms with van der Waals surface area (Å²) in [5.41, 5.74) is 0.848. The molecule has 7 heteroatoms. The summed E-state index contributed by atoms with van der Waals surface area (Å²) < 4.78 is 11.3. The highest BCUT2D eigenvalue weighted by Crippen LogP contribution is 2.18. The summed E-state index contributed by atoms with van der Waals surface area (Å²) in [5.74, 6) is 2.04. The first-order valence-electron chi connectivity index (χ1n) is 10.2. The number of likely N-dealkylation sites (tertiary alicyclic amines) is 1. The van der Waals surface area contributed by atoms with Gasteiger partial charge >= 0.3 is 0 Å². The molecule has 0 radical (unpaired) electrons. The maximum absolute atomic E-state index is 12.0. The van der Waals surface area contributed by atoms with Crippen LogP contribution < -0.4 is 15.4 Å². The van der Waals surface area contributed by atoms with Gasteiger partial charge in [0.25, 0.3) is 5.91 Å². The van der Waals surface area contributed by atoms with Crippen LogP contribution in [-0.2, 0) is 0 Å². The third kappa shape index (κ3) is 6.01. The Morgan fingerprint density at radius 2 is 1.90 bits per heavy atom. The maximum atomic E-state index is 12.0. The standard InChI is InChI=1S/C22H30N4O3/c1-17-11-16-28-20(17)21(27)24-12-6-13-25-22(23-2)26-14-9-19(10-15-26)29-18-7-4-3-5-8-18/h3-5,7-8,11,16,19H,6,9-10,12-15H2,1-2H3,(H,23,25)(H,24,27). The number of hydrogen-bond donors (Lipinski definition) is 2. The van der Waals surface area contributed by atoms with E-state index < -0.39 is 0 Å². The number of guanidine groups is 1. The molecular weight excluding hydrogens is 368 g/mol. The summed E-state index contributed by atoms with van der Waals surface area (Å²) >= 11 is 0. The monoisotopic (exact) mass is 398 g/mol. The van der Waals surface area contributed by atoms with Gasteiger partial charge in [0.2, 0.25) is 0 Å².